The number of benzene rings is 2. The molecule has 0 unspecified atom stereocenters. The van der Waals surface area contributed by atoms with Crippen LogP contribution in [0.15, 0.2) is 42.2 Å². The lowest BCUT2D eigenvalue weighted by Gasteiger charge is -2.25. The van der Waals surface area contributed by atoms with E-state index in [0.29, 0.717) is 26.6 Å². The zero-order chi connectivity index (χ0) is 28.5. The summed E-state index contributed by atoms with van der Waals surface area (Å²) in [4.78, 5) is 4.17. The van der Waals surface area contributed by atoms with Crippen molar-refractivity contribution in [3.05, 3.63) is 68.2 Å². The summed E-state index contributed by atoms with van der Waals surface area (Å²) in [6, 6.07) is 7.40. The van der Waals surface area contributed by atoms with E-state index in [9.17, 15) is 13.0 Å². The van der Waals surface area contributed by atoms with E-state index in [1.807, 2.05) is 48.4 Å². The molecule has 3 aromatic rings. The minimum Gasteiger partial charge on any atom is -0.326 e. The molecule has 1 aliphatic heterocycles. The van der Waals surface area contributed by atoms with Gasteiger partial charge in [0.2, 0.25) is 0 Å². The summed E-state index contributed by atoms with van der Waals surface area (Å²) in [5, 5.41) is 1.87. The Kier molecular flexibility index (Phi) is 9.46. The van der Waals surface area contributed by atoms with Crippen molar-refractivity contribution in [3.8, 4) is 0 Å². The molecule has 0 spiro atoms. The molecule has 39 heavy (non-hydrogen) atoms. The Balaban J connectivity index is 1.79. The highest BCUT2D eigenvalue weighted by Gasteiger charge is 2.32. The maximum absolute atomic E-state index is 11.4. The van der Waals surface area contributed by atoms with Gasteiger partial charge in [0.1, 0.15) is 5.82 Å². The molecule has 1 aliphatic rings. The van der Waals surface area contributed by atoms with Crippen LogP contribution in [-0.4, -0.2) is 36.4 Å². The third kappa shape index (κ3) is 6.37. The first-order valence-corrected chi connectivity index (χ1v) is 15.8. The van der Waals surface area contributed by atoms with Crippen molar-refractivity contribution in [2.45, 2.75) is 39.7 Å². The second-order valence-electron chi connectivity index (χ2n) is 9.41. The van der Waals surface area contributed by atoms with Gasteiger partial charge in [-0.2, -0.15) is 8.42 Å². The Labute approximate surface area is 249 Å². The molecule has 0 radical (unpaired) electrons. The molecule has 0 saturated carbocycles. The molecule has 0 fully saturated rings. The van der Waals surface area contributed by atoms with Crippen molar-refractivity contribution in [3.63, 3.8) is 0 Å². The van der Waals surface area contributed by atoms with Crippen molar-refractivity contribution >= 4 is 85.0 Å². The highest BCUT2D eigenvalue weighted by molar-refractivity contribution is 7.85. The zero-order valence-electron chi connectivity index (χ0n) is 22.0. The minimum absolute atomic E-state index is 0.237. The first kappa shape index (κ1) is 30.0. The Morgan fingerprint density at radius 3 is 2.03 bits per heavy atom. The summed E-state index contributed by atoms with van der Waals surface area (Å²) in [5.41, 5.74) is 3.70. The third-order valence-electron chi connectivity index (χ3n) is 6.61. The predicted octanol–water partition coefficient (Wildman–Crippen LogP) is 7.36. The van der Waals surface area contributed by atoms with Gasteiger partial charge >= 0.3 is 0 Å². The maximum Gasteiger partial charge on any atom is 0.282 e. The lowest BCUT2D eigenvalue weighted by Crippen LogP contribution is -2.31. The number of fused-ring (bicyclic) bond motifs is 2. The number of halogens is 4. The molecule has 1 aromatic heterocycles. The van der Waals surface area contributed by atoms with Gasteiger partial charge in [-0.15, -0.1) is 0 Å². The molecule has 0 saturated heterocycles. The number of rotatable bonds is 10. The molecule has 2 aromatic carbocycles. The van der Waals surface area contributed by atoms with Gasteiger partial charge in [0.25, 0.3) is 15.9 Å². The molecule has 0 amide bonds. The first-order chi connectivity index (χ1) is 18.5. The number of allylic oxidation sites excluding steroid dienone is 2. The van der Waals surface area contributed by atoms with Crippen LogP contribution < -0.4 is 14.4 Å². The first-order valence-electron chi connectivity index (χ1n) is 12.7. The Hall–Kier alpha value is -1.94. The van der Waals surface area contributed by atoms with Gasteiger partial charge in [-0.1, -0.05) is 66.3 Å². The average molecular weight is 633 g/mol. The molecule has 4 rings (SSSR count). The normalized spacial score (nSPS) is 14.9. The molecular weight excluding hydrogens is 602 g/mol. The summed E-state index contributed by atoms with van der Waals surface area (Å²) in [5.74, 6) is 1.50. The second kappa shape index (κ2) is 12.3. The summed E-state index contributed by atoms with van der Waals surface area (Å²) < 4.78 is 36.4. The van der Waals surface area contributed by atoms with Gasteiger partial charge in [-0.3, -0.25) is 4.55 Å². The summed E-state index contributed by atoms with van der Waals surface area (Å²) in [6.45, 7) is 6.10. The van der Waals surface area contributed by atoms with Crippen molar-refractivity contribution in [2.75, 3.05) is 28.6 Å². The molecule has 2 heterocycles. The lowest BCUT2D eigenvalue weighted by molar-refractivity contribution is -0.647. The topological polar surface area (TPSA) is 69.7 Å². The summed E-state index contributed by atoms with van der Waals surface area (Å²) in [6.07, 6.45) is 8.06. The van der Waals surface area contributed by atoms with Gasteiger partial charge in [0.15, 0.2) is 11.0 Å². The van der Waals surface area contributed by atoms with Gasteiger partial charge in [0, 0.05) is 31.3 Å². The van der Waals surface area contributed by atoms with Gasteiger partial charge < -0.3 is 9.80 Å². The van der Waals surface area contributed by atoms with Crippen LogP contribution in [0.5, 0.6) is 0 Å². The molecule has 0 atom stereocenters. The van der Waals surface area contributed by atoms with E-state index in [-0.39, 0.29) is 12.2 Å². The molecule has 1 N–H and O–H groups in total. The molecule has 7 nitrogen and oxygen atoms in total. The van der Waals surface area contributed by atoms with Crippen LogP contribution >= 0.6 is 46.4 Å². The largest absolute Gasteiger partial charge is 0.326 e. The number of aryl methyl sites for hydroxylation is 2. The number of hydrogen-bond acceptors (Lipinski definition) is 4. The van der Waals surface area contributed by atoms with Crippen LogP contribution in [0.1, 0.15) is 38.9 Å². The third-order valence-corrected chi connectivity index (χ3v) is 8.86. The maximum atomic E-state index is 11.4. The highest BCUT2D eigenvalue weighted by atomic mass is 35.5. The van der Waals surface area contributed by atoms with Crippen LogP contribution in [0.3, 0.4) is 0 Å². The second-order valence-corrected chi connectivity index (χ2v) is 12.6. The van der Waals surface area contributed by atoms with Crippen molar-refractivity contribution in [1.82, 2.24) is 4.57 Å². The van der Waals surface area contributed by atoms with Crippen LogP contribution in [0.2, 0.25) is 20.1 Å². The smallest absolute Gasteiger partial charge is 0.282 e. The number of nitrogens with zero attached hydrogens (tertiary/aromatic N) is 4. The van der Waals surface area contributed by atoms with Crippen LogP contribution in [0.25, 0.3) is 17.1 Å². The lowest BCUT2D eigenvalue weighted by atomic mass is 10.2. The highest BCUT2D eigenvalue weighted by Crippen LogP contribution is 2.45. The van der Waals surface area contributed by atoms with Crippen molar-refractivity contribution in [2.24, 2.45) is 7.05 Å². The van der Waals surface area contributed by atoms with E-state index in [4.69, 9.17) is 46.4 Å². The number of aromatic nitrogens is 2. The molecular formula is C27H31Cl4N4O3S+. The Morgan fingerprint density at radius 2 is 1.44 bits per heavy atom. The zero-order valence-corrected chi connectivity index (χ0v) is 25.8. The number of anilines is 2. The molecule has 12 heteroatoms. The van der Waals surface area contributed by atoms with E-state index >= 15 is 0 Å². The molecule has 0 bridgehead atoms. The van der Waals surface area contributed by atoms with Crippen LogP contribution in [-0.2, 0) is 23.7 Å². The van der Waals surface area contributed by atoms with Crippen molar-refractivity contribution in [1.29, 1.82) is 0 Å². The van der Waals surface area contributed by atoms with Crippen molar-refractivity contribution < 1.29 is 17.5 Å². The summed E-state index contributed by atoms with van der Waals surface area (Å²) >= 11 is 25.4. The van der Waals surface area contributed by atoms with E-state index in [1.54, 1.807) is 6.07 Å². The summed E-state index contributed by atoms with van der Waals surface area (Å²) in [7, 11) is -2.09. The van der Waals surface area contributed by atoms with E-state index in [2.05, 4.69) is 27.9 Å². The fraction of sp³-hybridized carbons (Fsp3) is 0.370. The minimum atomic E-state index is -4.08. The Bertz CT molecular complexity index is 1570. The SMILES string of the molecule is CCCN1/C(=C\C=C\c2n(CCC)c3cc(Cl)c(Cl)cc3[n+]2C)N(CCCS(=O)(=O)O)c2cc(Cl)c(Cl)cc21. The van der Waals surface area contributed by atoms with Gasteiger partial charge in [0.05, 0.1) is 50.8 Å². The Morgan fingerprint density at radius 1 is 0.872 bits per heavy atom. The van der Waals surface area contributed by atoms with E-state index in [1.165, 1.54) is 0 Å². The van der Waals surface area contributed by atoms with Crippen LogP contribution in [0.4, 0.5) is 11.4 Å². The molecule has 210 valence electrons. The molecule has 0 aliphatic carbocycles. The average Bonchev–Trinajstić information content (AvgIpc) is 3.26. The van der Waals surface area contributed by atoms with Crippen LogP contribution in [0, 0.1) is 0 Å². The predicted molar refractivity (Wildman–Crippen MR) is 163 cm³/mol. The fourth-order valence-corrected chi connectivity index (χ4v) is 6.07. The number of hydrogen-bond donors (Lipinski definition) is 1. The number of imidazole rings is 1. The fourth-order valence-electron chi connectivity index (χ4n) is 4.95. The van der Waals surface area contributed by atoms with E-state index in [0.717, 1.165) is 60.0 Å². The quantitative estimate of drug-likeness (QED) is 0.187. The van der Waals surface area contributed by atoms with E-state index < -0.39 is 10.1 Å². The standard InChI is InChI=1S/C27H30Cl4N4O3S/c1-4-10-33-23-15-19(29)18(28)14-22(23)32(3)26(33)8-6-9-27-34(11-5-2)24-16-20(30)21(31)17-25(24)35(27)12-7-13-39(36,37)38/h6,8-9,14-17H,4-5,7,10-13H2,1-3H3/p+1. The monoisotopic (exact) mass is 631 g/mol. The van der Waals surface area contributed by atoms with Gasteiger partial charge in [-0.25, -0.2) is 9.13 Å². The van der Waals surface area contributed by atoms with Gasteiger partial charge in [-0.05, 0) is 37.5 Å².